The van der Waals surface area contributed by atoms with Crippen LogP contribution in [0.5, 0.6) is 0 Å². The lowest BCUT2D eigenvalue weighted by Crippen LogP contribution is -2.46. The molecule has 0 unspecified atom stereocenters. The fourth-order valence-corrected chi connectivity index (χ4v) is 2.73. The highest BCUT2D eigenvalue weighted by Gasteiger charge is 2.36. The van der Waals surface area contributed by atoms with Gasteiger partial charge in [0.1, 0.15) is 0 Å². The molecular weight excluding hydrogens is 248 g/mol. The van der Waals surface area contributed by atoms with Crippen LogP contribution in [0.4, 0.5) is 0 Å². The van der Waals surface area contributed by atoms with Gasteiger partial charge in [0.05, 0.1) is 12.1 Å². The van der Waals surface area contributed by atoms with Crippen molar-refractivity contribution >= 4 is 18.3 Å². The summed E-state index contributed by atoms with van der Waals surface area (Å²) in [6, 6.07) is 8.41. The average molecular weight is 269 g/mol. The van der Waals surface area contributed by atoms with Crippen molar-refractivity contribution in [2.24, 2.45) is 5.73 Å². The van der Waals surface area contributed by atoms with Gasteiger partial charge in [-0.25, -0.2) is 0 Å². The molecule has 1 saturated carbocycles. The molecule has 1 aliphatic carbocycles. The summed E-state index contributed by atoms with van der Waals surface area (Å²) in [7, 11) is 0. The van der Waals surface area contributed by atoms with E-state index in [1.54, 1.807) is 0 Å². The maximum absolute atomic E-state index is 11.6. The maximum atomic E-state index is 11.6. The molecule has 0 heterocycles. The minimum Gasteiger partial charge on any atom is -0.345 e. The van der Waals surface area contributed by atoms with Crippen LogP contribution in [0.2, 0.25) is 0 Å². The molecule has 1 fully saturated rings. The minimum absolute atomic E-state index is 0. The van der Waals surface area contributed by atoms with Crippen molar-refractivity contribution in [3.05, 3.63) is 35.4 Å². The van der Waals surface area contributed by atoms with E-state index in [9.17, 15) is 4.79 Å². The molecule has 0 spiro atoms. The second kappa shape index (κ2) is 6.21. The zero-order valence-electron chi connectivity index (χ0n) is 10.7. The summed E-state index contributed by atoms with van der Waals surface area (Å²) in [5, 5.41) is 3.12. The van der Waals surface area contributed by atoms with E-state index in [1.807, 2.05) is 0 Å². The van der Waals surface area contributed by atoms with E-state index >= 15 is 0 Å². The number of nitrogens with one attached hydrogen (secondary N) is 1. The summed E-state index contributed by atoms with van der Waals surface area (Å²) in [6.45, 7) is 2.14. The largest absolute Gasteiger partial charge is 0.345 e. The van der Waals surface area contributed by atoms with E-state index in [0.29, 0.717) is 0 Å². The SMILES string of the molecule is Cc1cccc(C2(NC(=O)CN)CCCC2)c1.Cl. The molecular formula is C14H21ClN2O. The highest BCUT2D eigenvalue weighted by molar-refractivity contribution is 5.85. The molecule has 0 radical (unpaired) electrons. The highest BCUT2D eigenvalue weighted by atomic mass is 35.5. The van der Waals surface area contributed by atoms with Crippen molar-refractivity contribution in [1.82, 2.24) is 5.32 Å². The molecule has 0 saturated heterocycles. The summed E-state index contributed by atoms with van der Waals surface area (Å²) in [6.07, 6.45) is 4.36. The maximum Gasteiger partial charge on any atom is 0.234 e. The predicted octanol–water partition coefficient (Wildman–Crippen LogP) is 2.26. The van der Waals surface area contributed by atoms with Gasteiger partial charge in [-0.3, -0.25) is 4.79 Å². The molecule has 1 aromatic carbocycles. The first-order chi connectivity index (χ1) is 8.16. The van der Waals surface area contributed by atoms with Crippen LogP contribution in [-0.2, 0) is 10.3 Å². The summed E-state index contributed by atoms with van der Waals surface area (Å²) in [5.41, 5.74) is 7.68. The Hall–Kier alpha value is -1.06. The van der Waals surface area contributed by atoms with Gasteiger partial charge in [-0.2, -0.15) is 0 Å². The Morgan fingerprint density at radius 1 is 1.39 bits per heavy atom. The molecule has 0 bridgehead atoms. The average Bonchev–Trinajstić information content (AvgIpc) is 2.79. The van der Waals surface area contributed by atoms with Gasteiger partial charge in [0.2, 0.25) is 5.91 Å². The fraction of sp³-hybridized carbons (Fsp3) is 0.500. The van der Waals surface area contributed by atoms with Gasteiger partial charge in [-0.15, -0.1) is 12.4 Å². The van der Waals surface area contributed by atoms with Crippen LogP contribution in [0.25, 0.3) is 0 Å². The number of amides is 1. The molecule has 2 rings (SSSR count). The number of halogens is 1. The molecule has 0 aliphatic heterocycles. The highest BCUT2D eigenvalue weighted by Crippen LogP contribution is 2.38. The zero-order chi connectivity index (χ0) is 12.3. The van der Waals surface area contributed by atoms with Crippen molar-refractivity contribution in [2.75, 3.05) is 6.54 Å². The molecule has 3 nitrogen and oxygen atoms in total. The monoisotopic (exact) mass is 268 g/mol. The first-order valence-electron chi connectivity index (χ1n) is 6.24. The summed E-state index contributed by atoms with van der Waals surface area (Å²) >= 11 is 0. The summed E-state index contributed by atoms with van der Waals surface area (Å²) in [5.74, 6) is -0.0617. The Morgan fingerprint density at radius 3 is 2.61 bits per heavy atom. The van der Waals surface area contributed by atoms with E-state index in [1.165, 1.54) is 24.0 Å². The Kier molecular flexibility index (Phi) is 5.17. The first-order valence-corrected chi connectivity index (χ1v) is 6.24. The van der Waals surface area contributed by atoms with Crippen LogP contribution >= 0.6 is 12.4 Å². The van der Waals surface area contributed by atoms with Crippen molar-refractivity contribution in [1.29, 1.82) is 0 Å². The molecule has 0 aromatic heterocycles. The van der Waals surface area contributed by atoms with Gasteiger partial charge in [-0.1, -0.05) is 42.7 Å². The van der Waals surface area contributed by atoms with E-state index in [2.05, 4.69) is 36.5 Å². The lowest BCUT2D eigenvalue weighted by atomic mass is 9.87. The number of hydrogen-bond donors (Lipinski definition) is 2. The van der Waals surface area contributed by atoms with Crippen LogP contribution in [0, 0.1) is 6.92 Å². The zero-order valence-corrected chi connectivity index (χ0v) is 11.6. The third kappa shape index (κ3) is 3.03. The molecule has 18 heavy (non-hydrogen) atoms. The second-order valence-electron chi connectivity index (χ2n) is 4.91. The van der Waals surface area contributed by atoms with Crippen molar-refractivity contribution in [2.45, 2.75) is 38.1 Å². The van der Waals surface area contributed by atoms with Gasteiger partial charge in [0.25, 0.3) is 0 Å². The number of rotatable bonds is 3. The molecule has 1 amide bonds. The van der Waals surface area contributed by atoms with Crippen molar-refractivity contribution in [3.63, 3.8) is 0 Å². The summed E-state index contributed by atoms with van der Waals surface area (Å²) < 4.78 is 0. The molecule has 100 valence electrons. The third-order valence-corrected chi connectivity index (χ3v) is 3.59. The van der Waals surface area contributed by atoms with E-state index in [-0.39, 0.29) is 30.4 Å². The molecule has 1 aromatic rings. The van der Waals surface area contributed by atoms with Gasteiger partial charge < -0.3 is 11.1 Å². The number of carbonyl (C=O) groups excluding carboxylic acids is 1. The number of benzene rings is 1. The Morgan fingerprint density at radius 2 is 2.06 bits per heavy atom. The van der Waals surface area contributed by atoms with E-state index < -0.39 is 0 Å². The van der Waals surface area contributed by atoms with Crippen molar-refractivity contribution in [3.8, 4) is 0 Å². The Balaban J connectivity index is 0.00000162. The van der Waals surface area contributed by atoms with E-state index in [0.717, 1.165) is 12.8 Å². The van der Waals surface area contributed by atoms with E-state index in [4.69, 9.17) is 5.73 Å². The van der Waals surface area contributed by atoms with Crippen LogP contribution in [0.15, 0.2) is 24.3 Å². The number of carbonyl (C=O) groups is 1. The van der Waals surface area contributed by atoms with Gasteiger partial charge in [-0.05, 0) is 25.3 Å². The van der Waals surface area contributed by atoms with Crippen molar-refractivity contribution < 1.29 is 4.79 Å². The topological polar surface area (TPSA) is 55.1 Å². The smallest absolute Gasteiger partial charge is 0.234 e. The van der Waals surface area contributed by atoms with Crippen LogP contribution in [-0.4, -0.2) is 12.5 Å². The normalized spacial score (nSPS) is 17.0. The second-order valence-corrected chi connectivity index (χ2v) is 4.91. The molecule has 1 aliphatic rings. The Labute approximate surface area is 115 Å². The Bertz CT molecular complexity index is 414. The van der Waals surface area contributed by atoms with Gasteiger partial charge >= 0.3 is 0 Å². The van der Waals surface area contributed by atoms with Crippen LogP contribution in [0.3, 0.4) is 0 Å². The molecule has 3 N–H and O–H groups in total. The predicted molar refractivity (Wildman–Crippen MR) is 75.8 cm³/mol. The molecule has 4 heteroatoms. The lowest BCUT2D eigenvalue weighted by molar-refractivity contribution is -0.121. The lowest BCUT2D eigenvalue weighted by Gasteiger charge is -2.31. The quantitative estimate of drug-likeness (QED) is 0.884. The number of aryl methyl sites for hydroxylation is 1. The minimum atomic E-state index is -0.178. The van der Waals surface area contributed by atoms with Crippen LogP contribution in [0.1, 0.15) is 36.8 Å². The number of hydrogen-bond acceptors (Lipinski definition) is 2. The standard InChI is InChI=1S/C14H20N2O.ClH/c1-11-5-4-6-12(9-11)14(7-2-3-8-14)16-13(17)10-15;/h4-6,9H,2-3,7-8,10,15H2,1H3,(H,16,17);1H. The number of nitrogens with two attached hydrogens (primary N) is 1. The summed E-state index contributed by atoms with van der Waals surface area (Å²) in [4.78, 5) is 11.6. The van der Waals surface area contributed by atoms with Gasteiger partial charge in [0.15, 0.2) is 0 Å². The van der Waals surface area contributed by atoms with Crippen LogP contribution < -0.4 is 11.1 Å². The first kappa shape index (κ1) is 15.0. The van der Waals surface area contributed by atoms with Gasteiger partial charge in [0, 0.05) is 0 Å². The third-order valence-electron chi connectivity index (χ3n) is 3.59. The molecule has 0 atom stereocenters. The fourth-order valence-electron chi connectivity index (χ4n) is 2.73.